The number of amides is 1. The summed E-state index contributed by atoms with van der Waals surface area (Å²) in [6.45, 7) is 2.56. The molecule has 1 fully saturated rings. The second kappa shape index (κ2) is 14.7. The molecular formula is C31H36F7N7O4S. The van der Waals surface area contributed by atoms with Crippen LogP contribution < -0.4 is 15.4 Å². The predicted octanol–water partition coefficient (Wildman–Crippen LogP) is 6.13. The lowest BCUT2D eigenvalue weighted by molar-refractivity contribution is -0.208. The van der Waals surface area contributed by atoms with Crippen molar-refractivity contribution in [2.75, 3.05) is 19.5 Å². The number of benzene rings is 1. The zero-order valence-electron chi connectivity index (χ0n) is 27.4. The van der Waals surface area contributed by atoms with Gasteiger partial charge in [0.05, 0.1) is 47.9 Å². The van der Waals surface area contributed by atoms with Gasteiger partial charge in [-0.15, -0.1) is 16.4 Å². The van der Waals surface area contributed by atoms with E-state index in [2.05, 4.69) is 30.8 Å². The smallest absolute Gasteiger partial charge is 0.416 e. The number of nitrogens with zero attached hydrogens (tertiary/aromatic N) is 5. The van der Waals surface area contributed by atoms with Crippen molar-refractivity contribution in [3.05, 3.63) is 41.4 Å². The number of rotatable bonds is 12. The summed E-state index contributed by atoms with van der Waals surface area (Å²) in [7, 11) is 3.05. The number of likely N-dealkylation sites (tertiary alicyclic amines) is 1. The molecule has 1 amide bonds. The minimum atomic E-state index is -4.91. The number of aliphatic hydroxyl groups is 1. The molecule has 0 radical (unpaired) electrons. The van der Waals surface area contributed by atoms with Gasteiger partial charge >= 0.3 is 12.4 Å². The minimum Gasteiger partial charge on any atom is -0.479 e. The molecule has 1 saturated heterocycles. The van der Waals surface area contributed by atoms with E-state index in [0.717, 1.165) is 31.1 Å². The van der Waals surface area contributed by atoms with Gasteiger partial charge in [0.2, 0.25) is 17.6 Å². The average molecular weight is 736 g/mol. The minimum absolute atomic E-state index is 0.0807. The molecule has 0 spiro atoms. The topological polar surface area (TPSA) is 131 Å². The number of aliphatic hydroxyl groups excluding tert-OH is 1. The number of carbonyl (C=O) groups excluding carboxylic acids is 1. The first-order valence-electron chi connectivity index (χ1n) is 15.8. The van der Waals surface area contributed by atoms with Gasteiger partial charge in [-0.3, -0.25) is 14.4 Å². The highest BCUT2D eigenvalue weighted by Crippen LogP contribution is 2.44. The second-order valence-electron chi connectivity index (χ2n) is 12.0. The van der Waals surface area contributed by atoms with Gasteiger partial charge in [0.25, 0.3) is 5.91 Å². The molecular weight excluding hydrogens is 699 g/mol. The van der Waals surface area contributed by atoms with Crippen LogP contribution >= 0.6 is 11.3 Å². The van der Waals surface area contributed by atoms with Gasteiger partial charge in [0.15, 0.2) is 6.10 Å². The summed E-state index contributed by atoms with van der Waals surface area (Å²) in [5.74, 6) is -1.50. The van der Waals surface area contributed by atoms with Crippen molar-refractivity contribution < 1.29 is 49.9 Å². The maximum absolute atomic E-state index is 15.7. The first kappa shape index (κ1) is 37.3. The summed E-state index contributed by atoms with van der Waals surface area (Å²) >= 11 is 1.00. The number of fused-ring (bicyclic) bond motifs is 1. The molecule has 50 heavy (non-hydrogen) atoms. The number of ether oxygens (including phenoxy) is 1. The normalized spacial score (nSPS) is 21.0. The summed E-state index contributed by atoms with van der Waals surface area (Å²) in [6, 6.07) is 4.10. The number of halogens is 7. The Hall–Kier alpha value is -3.97. The van der Waals surface area contributed by atoms with Crippen molar-refractivity contribution in [3.8, 4) is 16.6 Å². The fraction of sp³-hybridized carbons (Fsp3) is 0.548. The molecule has 3 N–H and O–H groups in total. The monoisotopic (exact) mass is 735 g/mol. The fourth-order valence-corrected chi connectivity index (χ4v) is 7.48. The van der Waals surface area contributed by atoms with Crippen LogP contribution in [-0.2, 0) is 19.5 Å². The highest BCUT2D eigenvalue weighted by atomic mass is 32.1. The summed E-state index contributed by atoms with van der Waals surface area (Å²) < 4.78 is 107. The number of aromatic nitrogens is 4. The van der Waals surface area contributed by atoms with E-state index in [1.807, 2.05) is 20.9 Å². The second-order valence-corrected chi connectivity index (χ2v) is 13.1. The third-order valence-electron chi connectivity index (χ3n) is 8.78. The quantitative estimate of drug-likeness (QED) is 0.147. The number of nitrogens with one attached hydrogen (secondary N) is 2. The van der Waals surface area contributed by atoms with Crippen molar-refractivity contribution in [3.63, 3.8) is 0 Å². The molecule has 5 atom stereocenters. The highest BCUT2D eigenvalue weighted by Gasteiger charge is 2.41. The van der Waals surface area contributed by atoms with Gasteiger partial charge < -0.3 is 25.0 Å². The van der Waals surface area contributed by atoms with Crippen LogP contribution in [0.4, 0.5) is 36.4 Å². The Bertz CT molecular complexity index is 1790. The molecule has 19 heteroatoms. The van der Waals surface area contributed by atoms with Crippen LogP contribution in [0, 0.1) is 0 Å². The van der Waals surface area contributed by atoms with E-state index in [1.54, 1.807) is 18.2 Å². The summed E-state index contributed by atoms with van der Waals surface area (Å²) in [6.07, 6.45) is -11.9. The molecule has 1 aliphatic rings. The summed E-state index contributed by atoms with van der Waals surface area (Å²) in [4.78, 5) is 19.2. The van der Waals surface area contributed by atoms with Gasteiger partial charge in [-0.2, -0.15) is 31.3 Å². The van der Waals surface area contributed by atoms with E-state index in [4.69, 9.17) is 9.26 Å². The molecule has 0 bridgehead atoms. The third kappa shape index (κ3) is 7.99. The van der Waals surface area contributed by atoms with Gasteiger partial charge in [-0.05, 0) is 43.3 Å². The molecule has 1 aliphatic heterocycles. The number of methoxy groups -OCH3 is 1. The zero-order valence-corrected chi connectivity index (χ0v) is 28.2. The van der Waals surface area contributed by atoms with Crippen LogP contribution in [0.2, 0.25) is 0 Å². The Morgan fingerprint density at radius 2 is 1.94 bits per heavy atom. The molecule has 274 valence electrons. The molecule has 1 aromatic carbocycles. The number of hydrogen-bond donors (Lipinski definition) is 3. The number of carbonyl (C=O) groups is 1. The lowest BCUT2D eigenvalue weighted by Crippen LogP contribution is -2.57. The lowest BCUT2D eigenvalue weighted by atomic mass is 9.87. The molecule has 5 rings (SSSR count). The van der Waals surface area contributed by atoms with Crippen LogP contribution in [-0.4, -0.2) is 92.7 Å². The Kier molecular flexibility index (Phi) is 11.0. The van der Waals surface area contributed by atoms with Crippen molar-refractivity contribution in [2.45, 2.75) is 95.4 Å². The molecule has 11 nitrogen and oxygen atoms in total. The molecule has 5 unspecified atom stereocenters. The van der Waals surface area contributed by atoms with Crippen molar-refractivity contribution >= 4 is 33.0 Å². The number of thiophene rings is 1. The Morgan fingerprint density at radius 3 is 2.58 bits per heavy atom. The zero-order chi connectivity index (χ0) is 36.5. The predicted molar refractivity (Wildman–Crippen MR) is 170 cm³/mol. The first-order valence-corrected chi connectivity index (χ1v) is 16.6. The number of piperidine rings is 1. The third-order valence-corrected chi connectivity index (χ3v) is 10.1. The van der Waals surface area contributed by atoms with E-state index in [1.165, 1.54) is 0 Å². The number of hydrogen-bond acceptors (Lipinski definition) is 10. The highest BCUT2D eigenvalue weighted by molar-refractivity contribution is 7.23. The van der Waals surface area contributed by atoms with Gasteiger partial charge in [0, 0.05) is 18.3 Å². The Balaban J connectivity index is 1.39. The van der Waals surface area contributed by atoms with E-state index in [9.17, 15) is 36.2 Å². The van der Waals surface area contributed by atoms with Crippen LogP contribution in [0.3, 0.4) is 0 Å². The Labute approximate surface area is 285 Å². The molecule has 0 saturated carbocycles. The van der Waals surface area contributed by atoms with E-state index < -0.39 is 56.1 Å². The number of alkyl halides is 7. The van der Waals surface area contributed by atoms with Gasteiger partial charge in [0.1, 0.15) is 11.7 Å². The standard InChI is InChI=1S/C31H36F7N7O4S/c1-5-15-10-20(24(32)21(6-2)44(15)3)40-19-9-7-8-16-17(11-30(33,34)35)26(50-25(16)19)27-41-23(49-43-27)12-39-28(47)18-13-45(42-29(18)48-4)14-22(46)31(36,37)38/h7-9,13,15,20-22,24,40,46H,5-6,10-12,14H2,1-4H3,(H,39,47). The average Bonchev–Trinajstić information content (AvgIpc) is 3.78. The largest absolute Gasteiger partial charge is 0.479 e. The van der Waals surface area contributed by atoms with E-state index in [0.29, 0.717) is 33.3 Å². The fourth-order valence-electron chi connectivity index (χ4n) is 6.25. The maximum Gasteiger partial charge on any atom is 0.416 e. The molecule has 3 aromatic heterocycles. The summed E-state index contributed by atoms with van der Waals surface area (Å²) in [5, 5.41) is 23.0. The van der Waals surface area contributed by atoms with Gasteiger partial charge in [-0.25, -0.2) is 4.39 Å². The molecule has 4 heterocycles. The van der Waals surface area contributed by atoms with Crippen LogP contribution in [0.1, 0.15) is 54.9 Å². The van der Waals surface area contributed by atoms with Crippen molar-refractivity contribution in [2.24, 2.45) is 0 Å². The van der Waals surface area contributed by atoms with Crippen molar-refractivity contribution in [1.29, 1.82) is 0 Å². The maximum atomic E-state index is 15.7. The first-order chi connectivity index (χ1) is 23.5. The molecule has 4 aromatic rings. The van der Waals surface area contributed by atoms with Gasteiger partial charge in [-0.1, -0.05) is 31.1 Å². The van der Waals surface area contributed by atoms with Crippen molar-refractivity contribution in [1.82, 2.24) is 30.1 Å². The van der Waals surface area contributed by atoms with E-state index in [-0.39, 0.29) is 45.7 Å². The molecule has 0 aliphatic carbocycles. The number of anilines is 1. The van der Waals surface area contributed by atoms with Crippen LogP contribution in [0.15, 0.2) is 28.9 Å². The van der Waals surface area contributed by atoms with Crippen LogP contribution in [0.5, 0.6) is 5.88 Å². The lowest BCUT2D eigenvalue weighted by Gasteiger charge is -2.45. The Morgan fingerprint density at radius 1 is 1.20 bits per heavy atom. The summed E-state index contributed by atoms with van der Waals surface area (Å²) in [5.41, 5.74) is 0.139. The SMILES string of the molecule is CCC1CC(Nc2cccc3c(CC(F)(F)F)c(-c4noc(CNC(=O)c5cn(CC(O)C(F)(F)F)nc5OC)n4)sc23)C(F)C(CC)N1C. The van der Waals surface area contributed by atoms with Crippen LogP contribution in [0.25, 0.3) is 20.8 Å². The van der Waals surface area contributed by atoms with E-state index >= 15 is 4.39 Å².